The number of benzene rings is 1. The number of hydrogen-bond acceptors (Lipinski definition) is 3. The van der Waals surface area contributed by atoms with Gasteiger partial charge in [-0.25, -0.2) is 4.99 Å². The number of guanidine groups is 1. The van der Waals surface area contributed by atoms with Crippen molar-refractivity contribution in [1.29, 1.82) is 0 Å². The third-order valence-electron chi connectivity index (χ3n) is 4.48. The molecule has 0 unspecified atom stereocenters. The molecule has 1 aromatic heterocycles. The molecule has 1 N–H and O–H groups in total. The zero-order chi connectivity index (χ0) is 20.4. The Hall–Kier alpha value is -2.89. The molecule has 1 heterocycles. The Balaban J connectivity index is 2.11. The lowest BCUT2D eigenvalue weighted by molar-refractivity contribution is -0.131. The summed E-state index contributed by atoms with van der Waals surface area (Å²) >= 11 is 0. The Bertz CT molecular complexity index is 772. The molecular formula is C22H31N5O. The Morgan fingerprint density at radius 2 is 1.89 bits per heavy atom. The number of nitrogens with one attached hydrogen (secondary N) is 1. The van der Waals surface area contributed by atoms with E-state index in [9.17, 15) is 4.79 Å². The van der Waals surface area contributed by atoms with Crippen LogP contribution >= 0.6 is 0 Å². The topological polar surface area (TPSA) is 60.8 Å². The fourth-order valence-electron chi connectivity index (χ4n) is 2.95. The molecule has 2 rings (SSSR count). The van der Waals surface area contributed by atoms with E-state index >= 15 is 0 Å². The van der Waals surface area contributed by atoms with Crippen LogP contribution in [0, 0.1) is 0 Å². The largest absolute Gasteiger partial charge is 0.357 e. The molecule has 6 nitrogen and oxygen atoms in total. The van der Waals surface area contributed by atoms with Gasteiger partial charge >= 0.3 is 0 Å². The average molecular weight is 382 g/mol. The highest BCUT2D eigenvalue weighted by atomic mass is 16.2. The first-order chi connectivity index (χ1) is 13.6. The fourth-order valence-corrected chi connectivity index (χ4v) is 2.95. The van der Waals surface area contributed by atoms with Crippen LogP contribution in [-0.4, -0.2) is 59.9 Å². The minimum atomic E-state index is 0.107. The summed E-state index contributed by atoms with van der Waals surface area (Å²) in [6.07, 6.45) is 1.80. The van der Waals surface area contributed by atoms with Crippen LogP contribution in [-0.2, 0) is 11.3 Å². The van der Waals surface area contributed by atoms with E-state index in [1.165, 1.54) is 0 Å². The molecule has 0 aliphatic heterocycles. The summed E-state index contributed by atoms with van der Waals surface area (Å²) < 4.78 is 0. The second-order valence-electron chi connectivity index (χ2n) is 6.51. The van der Waals surface area contributed by atoms with Crippen LogP contribution in [0.5, 0.6) is 0 Å². The summed E-state index contributed by atoms with van der Waals surface area (Å²) in [5.74, 6) is 0.835. The lowest BCUT2D eigenvalue weighted by Gasteiger charge is -2.25. The molecule has 6 heteroatoms. The van der Waals surface area contributed by atoms with Crippen molar-refractivity contribution in [1.82, 2.24) is 20.1 Å². The van der Waals surface area contributed by atoms with Gasteiger partial charge in [0.25, 0.3) is 0 Å². The van der Waals surface area contributed by atoms with Gasteiger partial charge in [0, 0.05) is 38.4 Å². The number of nitrogens with zero attached hydrogens (tertiary/aromatic N) is 4. The van der Waals surface area contributed by atoms with E-state index in [0.29, 0.717) is 13.1 Å². The Labute approximate surface area is 168 Å². The van der Waals surface area contributed by atoms with Crippen molar-refractivity contribution in [2.45, 2.75) is 27.3 Å². The summed E-state index contributed by atoms with van der Waals surface area (Å²) in [6.45, 7) is 9.04. The molecule has 150 valence electrons. The van der Waals surface area contributed by atoms with E-state index in [-0.39, 0.29) is 5.91 Å². The third-order valence-corrected chi connectivity index (χ3v) is 4.48. The molecule has 0 aliphatic carbocycles. The van der Waals surface area contributed by atoms with E-state index in [4.69, 9.17) is 4.99 Å². The molecule has 1 amide bonds. The first-order valence-corrected chi connectivity index (χ1v) is 9.86. The van der Waals surface area contributed by atoms with Gasteiger partial charge in [0.05, 0.1) is 18.8 Å². The minimum Gasteiger partial charge on any atom is -0.357 e. The fraction of sp³-hybridized carbons (Fsp3) is 0.409. The maximum atomic E-state index is 12.4. The maximum Gasteiger partial charge on any atom is 0.242 e. The van der Waals surface area contributed by atoms with Gasteiger partial charge in [-0.05, 0) is 44.5 Å². The number of aromatic nitrogens is 1. The van der Waals surface area contributed by atoms with Crippen molar-refractivity contribution in [3.05, 3.63) is 54.2 Å². The highest BCUT2D eigenvalue weighted by molar-refractivity contribution is 5.86. The number of hydrogen-bond donors (Lipinski definition) is 1. The number of likely N-dealkylation sites (N-methyl/N-ethyl adjacent to an activating group) is 2. The van der Waals surface area contributed by atoms with Gasteiger partial charge in [-0.15, -0.1) is 0 Å². The SMILES string of the molecule is CCNC(=NCc1cccc(-c2ccccn2)c1)N(C)CC(=O)N(CC)CC. The lowest BCUT2D eigenvalue weighted by atomic mass is 10.1. The smallest absolute Gasteiger partial charge is 0.242 e. The van der Waals surface area contributed by atoms with Crippen molar-refractivity contribution < 1.29 is 4.79 Å². The first-order valence-electron chi connectivity index (χ1n) is 9.86. The highest BCUT2D eigenvalue weighted by Crippen LogP contribution is 2.18. The number of carbonyl (C=O) groups excluding carboxylic acids is 1. The van der Waals surface area contributed by atoms with Crippen molar-refractivity contribution >= 4 is 11.9 Å². The molecule has 0 saturated heterocycles. The van der Waals surface area contributed by atoms with E-state index < -0.39 is 0 Å². The molecule has 0 radical (unpaired) electrons. The van der Waals surface area contributed by atoms with Crippen LogP contribution in [0.15, 0.2) is 53.7 Å². The second-order valence-corrected chi connectivity index (χ2v) is 6.51. The zero-order valence-corrected chi connectivity index (χ0v) is 17.4. The molecule has 0 bridgehead atoms. The molecule has 0 fully saturated rings. The van der Waals surface area contributed by atoms with Gasteiger partial charge in [-0.3, -0.25) is 9.78 Å². The van der Waals surface area contributed by atoms with Crippen molar-refractivity contribution in [3.63, 3.8) is 0 Å². The molecule has 2 aromatic rings. The standard InChI is InChI=1S/C22H31N5O/c1-5-23-22(26(4)17-21(28)27(6-2)7-3)25-16-18-11-10-12-19(15-18)20-13-8-9-14-24-20/h8-15H,5-7,16-17H2,1-4H3,(H,23,25). The molecule has 0 spiro atoms. The Morgan fingerprint density at radius 3 is 2.54 bits per heavy atom. The second kappa shape index (κ2) is 11.1. The number of amides is 1. The molecule has 0 saturated carbocycles. The normalized spacial score (nSPS) is 11.2. The quantitative estimate of drug-likeness (QED) is 0.564. The highest BCUT2D eigenvalue weighted by Gasteiger charge is 2.15. The van der Waals surface area contributed by atoms with Crippen LogP contribution < -0.4 is 5.32 Å². The van der Waals surface area contributed by atoms with Crippen LogP contribution in [0.25, 0.3) is 11.3 Å². The summed E-state index contributed by atoms with van der Waals surface area (Å²) in [7, 11) is 1.90. The summed E-state index contributed by atoms with van der Waals surface area (Å²) in [6, 6.07) is 14.1. The van der Waals surface area contributed by atoms with Gasteiger partial charge in [0.15, 0.2) is 5.96 Å². The van der Waals surface area contributed by atoms with E-state index in [1.54, 1.807) is 6.20 Å². The minimum absolute atomic E-state index is 0.107. The lowest BCUT2D eigenvalue weighted by Crippen LogP contribution is -2.45. The molecule has 0 atom stereocenters. The number of aliphatic imine (C=N–C) groups is 1. The molecule has 28 heavy (non-hydrogen) atoms. The zero-order valence-electron chi connectivity index (χ0n) is 17.4. The van der Waals surface area contributed by atoms with E-state index in [2.05, 4.69) is 28.5 Å². The number of pyridine rings is 1. The monoisotopic (exact) mass is 381 g/mol. The third kappa shape index (κ3) is 6.08. The average Bonchev–Trinajstić information content (AvgIpc) is 2.72. The Kier molecular flexibility index (Phi) is 8.46. The summed E-state index contributed by atoms with van der Waals surface area (Å²) in [5.41, 5.74) is 3.12. The first kappa shape index (κ1) is 21.4. The summed E-state index contributed by atoms with van der Waals surface area (Å²) in [5, 5.41) is 3.27. The van der Waals surface area contributed by atoms with Crippen molar-refractivity contribution in [3.8, 4) is 11.3 Å². The molecule has 1 aromatic carbocycles. The van der Waals surface area contributed by atoms with Crippen LogP contribution in [0.3, 0.4) is 0 Å². The van der Waals surface area contributed by atoms with Gasteiger partial charge in [-0.2, -0.15) is 0 Å². The molecular weight excluding hydrogens is 350 g/mol. The Morgan fingerprint density at radius 1 is 1.11 bits per heavy atom. The van der Waals surface area contributed by atoms with Crippen LogP contribution in [0.1, 0.15) is 26.3 Å². The van der Waals surface area contributed by atoms with E-state index in [1.807, 2.05) is 61.9 Å². The van der Waals surface area contributed by atoms with Gasteiger partial charge < -0.3 is 15.1 Å². The predicted octanol–water partition coefficient (Wildman–Crippen LogP) is 3.01. The number of rotatable bonds is 8. The molecule has 0 aliphatic rings. The van der Waals surface area contributed by atoms with E-state index in [0.717, 1.165) is 42.4 Å². The van der Waals surface area contributed by atoms with Crippen LogP contribution in [0.2, 0.25) is 0 Å². The number of carbonyl (C=O) groups is 1. The maximum absolute atomic E-state index is 12.4. The van der Waals surface area contributed by atoms with Gasteiger partial charge in [-0.1, -0.05) is 24.3 Å². The van der Waals surface area contributed by atoms with Crippen molar-refractivity contribution in [2.75, 3.05) is 33.2 Å². The van der Waals surface area contributed by atoms with Gasteiger partial charge in [0.1, 0.15) is 0 Å². The van der Waals surface area contributed by atoms with Crippen molar-refractivity contribution in [2.24, 2.45) is 4.99 Å². The van der Waals surface area contributed by atoms with Gasteiger partial charge in [0.2, 0.25) is 5.91 Å². The van der Waals surface area contributed by atoms with Crippen LogP contribution in [0.4, 0.5) is 0 Å². The predicted molar refractivity (Wildman–Crippen MR) is 115 cm³/mol. The summed E-state index contributed by atoms with van der Waals surface area (Å²) in [4.78, 5) is 25.2.